The zero-order chi connectivity index (χ0) is 22.4. The van der Waals surface area contributed by atoms with E-state index in [9.17, 15) is 4.39 Å². The fourth-order valence-corrected chi connectivity index (χ4v) is 7.20. The predicted molar refractivity (Wildman–Crippen MR) is 131 cm³/mol. The molecule has 6 rings (SSSR count). The fraction of sp³-hybridized carbons (Fsp3) is 0.536. The van der Waals surface area contributed by atoms with Gasteiger partial charge in [-0.2, -0.15) is 0 Å². The number of aromatic nitrogens is 2. The maximum Gasteiger partial charge on any atom is 0.123 e. The number of nitrogens with zero attached hydrogens (tertiary/aromatic N) is 3. The van der Waals surface area contributed by atoms with Crippen LogP contribution in [0.4, 0.5) is 4.39 Å². The zero-order valence-electron chi connectivity index (χ0n) is 19.6. The molecule has 5 heteroatoms. The molecule has 4 nitrogen and oxygen atoms in total. The van der Waals surface area contributed by atoms with Gasteiger partial charge in [0, 0.05) is 18.1 Å². The van der Waals surface area contributed by atoms with Gasteiger partial charge in [0.2, 0.25) is 0 Å². The highest BCUT2D eigenvalue weighted by atomic mass is 19.1. The smallest absolute Gasteiger partial charge is 0.123 e. The molecule has 0 saturated carbocycles. The molecule has 0 unspecified atom stereocenters. The number of halogens is 1. The van der Waals surface area contributed by atoms with Crippen LogP contribution in [0.5, 0.6) is 0 Å². The maximum absolute atomic E-state index is 14.1. The van der Waals surface area contributed by atoms with Crippen LogP contribution in [-0.2, 0) is 5.41 Å². The standard InChI is InChI=1S/C28H35FN4/c1-20-31-26-7-2-3-8-27(26)33(20)25-18-23-9-10-24(19-25)32(23)16-13-28(11-14-30-15-12-28)21-5-4-6-22(29)17-21/h2-8,17,23-25,30H,9-16,18-19H2,1H3/t23-,24+,25+. The van der Waals surface area contributed by atoms with Crippen LogP contribution < -0.4 is 5.32 Å². The van der Waals surface area contributed by atoms with E-state index in [1.165, 1.54) is 36.8 Å². The highest BCUT2D eigenvalue weighted by Gasteiger charge is 2.43. The number of piperidine rings is 2. The second-order valence-electron chi connectivity index (χ2n) is 10.6. The van der Waals surface area contributed by atoms with E-state index >= 15 is 0 Å². The van der Waals surface area contributed by atoms with Crippen LogP contribution in [0.15, 0.2) is 48.5 Å². The first-order chi connectivity index (χ1) is 16.1. The molecular weight excluding hydrogens is 411 g/mol. The number of benzene rings is 2. The summed E-state index contributed by atoms with van der Waals surface area (Å²) in [5, 5.41) is 3.52. The second kappa shape index (κ2) is 8.52. The second-order valence-corrected chi connectivity index (χ2v) is 10.6. The first-order valence-electron chi connectivity index (χ1n) is 12.8. The molecule has 0 spiro atoms. The molecule has 1 N–H and O–H groups in total. The first-order valence-corrected chi connectivity index (χ1v) is 12.8. The molecule has 4 heterocycles. The van der Waals surface area contributed by atoms with Crippen molar-refractivity contribution in [2.24, 2.45) is 0 Å². The highest BCUT2D eigenvalue weighted by Crippen LogP contribution is 2.44. The molecule has 0 aliphatic carbocycles. The molecule has 3 fully saturated rings. The van der Waals surface area contributed by atoms with Crippen molar-refractivity contribution in [1.29, 1.82) is 0 Å². The lowest BCUT2D eigenvalue weighted by molar-refractivity contribution is 0.0928. The Hall–Kier alpha value is -2.24. The Balaban J connectivity index is 1.21. The minimum atomic E-state index is -0.103. The minimum absolute atomic E-state index is 0.0980. The Morgan fingerprint density at radius 3 is 2.52 bits per heavy atom. The lowest BCUT2D eigenvalue weighted by atomic mass is 9.70. The number of para-hydroxylation sites is 2. The van der Waals surface area contributed by atoms with Gasteiger partial charge in [-0.05, 0) is 107 Å². The third-order valence-corrected chi connectivity index (χ3v) is 8.84. The monoisotopic (exact) mass is 446 g/mol. The number of fused-ring (bicyclic) bond motifs is 3. The van der Waals surface area contributed by atoms with E-state index in [1.54, 1.807) is 12.1 Å². The predicted octanol–water partition coefficient (Wildman–Crippen LogP) is 5.36. The summed E-state index contributed by atoms with van der Waals surface area (Å²) >= 11 is 0. The first kappa shape index (κ1) is 21.3. The van der Waals surface area contributed by atoms with E-state index in [-0.39, 0.29) is 11.2 Å². The molecule has 3 aliphatic heterocycles. The summed E-state index contributed by atoms with van der Waals surface area (Å²) in [5.41, 5.74) is 3.70. The largest absolute Gasteiger partial charge is 0.325 e. The number of aryl methyl sites for hydroxylation is 1. The minimum Gasteiger partial charge on any atom is -0.325 e. The van der Waals surface area contributed by atoms with Gasteiger partial charge >= 0.3 is 0 Å². The Morgan fingerprint density at radius 2 is 1.76 bits per heavy atom. The van der Waals surface area contributed by atoms with Crippen molar-refractivity contribution in [3.8, 4) is 0 Å². The van der Waals surface area contributed by atoms with Gasteiger partial charge in [-0.3, -0.25) is 4.90 Å². The van der Waals surface area contributed by atoms with E-state index < -0.39 is 0 Å². The quantitative estimate of drug-likeness (QED) is 0.573. The van der Waals surface area contributed by atoms with E-state index in [2.05, 4.69) is 52.0 Å². The molecule has 174 valence electrons. The third kappa shape index (κ3) is 3.79. The van der Waals surface area contributed by atoms with Gasteiger partial charge in [0.05, 0.1) is 11.0 Å². The van der Waals surface area contributed by atoms with Gasteiger partial charge < -0.3 is 9.88 Å². The van der Waals surface area contributed by atoms with Gasteiger partial charge in [-0.1, -0.05) is 24.3 Å². The summed E-state index contributed by atoms with van der Waals surface area (Å²) in [4.78, 5) is 7.65. The maximum atomic E-state index is 14.1. The van der Waals surface area contributed by atoms with Gasteiger partial charge in [-0.25, -0.2) is 9.37 Å². The average Bonchev–Trinajstić information content (AvgIpc) is 3.29. The SMILES string of the molecule is Cc1nc2ccccc2n1[C@H]1C[C@H]2CC[C@@H](C1)N2CCC1(c2cccc(F)c2)CCNCC1. The number of hydrogen-bond acceptors (Lipinski definition) is 3. The number of rotatable bonds is 5. The number of hydrogen-bond donors (Lipinski definition) is 1. The third-order valence-electron chi connectivity index (χ3n) is 8.84. The number of imidazole rings is 1. The Labute approximate surface area is 196 Å². The normalized spacial score (nSPS) is 27.3. The van der Waals surface area contributed by atoms with E-state index in [0.717, 1.165) is 50.2 Å². The molecule has 0 amide bonds. The lowest BCUT2D eigenvalue weighted by Crippen LogP contribution is -2.47. The van der Waals surface area contributed by atoms with E-state index in [0.29, 0.717) is 18.1 Å². The lowest BCUT2D eigenvalue weighted by Gasteiger charge is -2.44. The summed E-state index contributed by atoms with van der Waals surface area (Å²) in [6, 6.07) is 17.8. The van der Waals surface area contributed by atoms with Crippen molar-refractivity contribution in [3.05, 3.63) is 65.7 Å². The van der Waals surface area contributed by atoms with Crippen LogP contribution in [-0.4, -0.2) is 46.2 Å². The van der Waals surface area contributed by atoms with Crippen LogP contribution in [0.1, 0.15) is 62.4 Å². The van der Waals surface area contributed by atoms with Crippen LogP contribution in [0, 0.1) is 12.7 Å². The van der Waals surface area contributed by atoms with Crippen molar-refractivity contribution in [2.75, 3.05) is 19.6 Å². The molecule has 3 aliphatic rings. The van der Waals surface area contributed by atoms with Crippen LogP contribution in [0.25, 0.3) is 11.0 Å². The topological polar surface area (TPSA) is 33.1 Å². The Morgan fingerprint density at radius 1 is 1.00 bits per heavy atom. The average molecular weight is 447 g/mol. The van der Waals surface area contributed by atoms with E-state index in [4.69, 9.17) is 4.98 Å². The molecule has 2 bridgehead atoms. The van der Waals surface area contributed by atoms with Crippen molar-refractivity contribution < 1.29 is 4.39 Å². The van der Waals surface area contributed by atoms with E-state index in [1.807, 2.05) is 6.07 Å². The summed E-state index contributed by atoms with van der Waals surface area (Å²) in [6.07, 6.45) is 8.37. The van der Waals surface area contributed by atoms with Gasteiger partial charge in [0.1, 0.15) is 11.6 Å². The molecule has 0 radical (unpaired) electrons. The van der Waals surface area contributed by atoms with Crippen molar-refractivity contribution in [3.63, 3.8) is 0 Å². The number of nitrogens with one attached hydrogen (secondary N) is 1. The van der Waals surface area contributed by atoms with Crippen LogP contribution in [0.2, 0.25) is 0 Å². The van der Waals surface area contributed by atoms with Crippen molar-refractivity contribution >= 4 is 11.0 Å². The van der Waals surface area contributed by atoms with Crippen LogP contribution >= 0.6 is 0 Å². The summed E-state index contributed by atoms with van der Waals surface area (Å²) < 4.78 is 16.6. The molecule has 33 heavy (non-hydrogen) atoms. The molecule has 3 saturated heterocycles. The Kier molecular flexibility index (Phi) is 5.50. The summed E-state index contributed by atoms with van der Waals surface area (Å²) in [5.74, 6) is 1.04. The Bertz CT molecular complexity index is 1120. The molecule has 1 aromatic heterocycles. The van der Waals surface area contributed by atoms with Crippen molar-refractivity contribution in [2.45, 2.75) is 75.4 Å². The molecule has 3 aromatic rings. The fourth-order valence-electron chi connectivity index (χ4n) is 7.20. The van der Waals surface area contributed by atoms with Crippen molar-refractivity contribution in [1.82, 2.24) is 19.8 Å². The van der Waals surface area contributed by atoms with Gasteiger partial charge in [0.15, 0.2) is 0 Å². The van der Waals surface area contributed by atoms with Gasteiger partial charge in [0.25, 0.3) is 0 Å². The summed E-state index contributed by atoms with van der Waals surface area (Å²) in [7, 11) is 0. The highest BCUT2D eigenvalue weighted by molar-refractivity contribution is 5.76. The zero-order valence-corrected chi connectivity index (χ0v) is 19.6. The molecule has 2 aromatic carbocycles. The molecular formula is C28H35FN4. The van der Waals surface area contributed by atoms with Crippen LogP contribution in [0.3, 0.4) is 0 Å². The molecule has 3 atom stereocenters. The van der Waals surface area contributed by atoms with Gasteiger partial charge in [-0.15, -0.1) is 0 Å². The summed E-state index contributed by atoms with van der Waals surface area (Å²) in [6.45, 7) is 5.34.